The first-order valence-electron chi connectivity index (χ1n) is 17.4. The van der Waals surface area contributed by atoms with Crippen molar-refractivity contribution in [1.29, 1.82) is 0 Å². The summed E-state index contributed by atoms with van der Waals surface area (Å²) < 4.78 is 29.8. The quantitative estimate of drug-likeness (QED) is 0.301. The van der Waals surface area contributed by atoms with Crippen molar-refractivity contribution in [2.75, 3.05) is 66.5 Å². The number of piperidine rings is 1. The number of likely N-dealkylation sites (tertiary alicyclic amines) is 1. The maximum atomic E-state index is 12.4. The van der Waals surface area contributed by atoms with Crippen LogP contribution in [0.3, 0.4) is 0 Å². The molecule has 262 valence electrons. The molecule has 0 unspecified atom stereocenters. The van der Waals surface area contributed by atoms with Gasteiger partial charge in [-0.3, -0.25) is 9.69 Å². The minimum absolute atomic E-state index is 0.0588. The summed E-state index contributed by atoms with van der Waals surface area (Å²) >= 11 is 0. The number of anilines is 4. The van der Waals surface area contributed by atoms with E-state index in [0.717, 1.165) is 61.2 Å². The Bertz CT molecular complexity index is 1840. The van der Waals surface area contributed by atoms with E-state index < -0.39 is 15.4 Å². The first-order chi connectivity index (χ1) is 23.4. The van der Waals surface area contributed by atoms with E-state index in [-0.39, 0.29) is 23.6 Å². The van der Waals surface area contributed by atoms with Crippen molar-refractivity contribution >= 4 is 49.8 Å². The van der Waals surface area contributed by atoms with Crippen LogP contribution >= 0.6 is 0 Å². The van der Waals surface area contributed by atoms with Crippen LogP contribution in [-0.2, 0) is 24.9 Å². The van der Waals surface area contributed by atoms with Crippen LogP contribution in [0.1, 0.15) is 45.6 Å². The van der Waals surface area contributed by atoms with Gasteiger partial charge in [0.1, 0.15) is 21.5 Å². The van der Waals surface area contributed by atoms with Crippen molar-refractivity contribution in [1.82, 2.24) is 25.2 Å². The zero-order valence-corrected chi connectivity index (χ0v) is 29.7. The van der Waals surface area contributed by atoms with E-state index in [2.05, 4.69) is 43.8 Å². The lowest BCUT2D eigenvalue weighted by Gasteiger charge is -2.48. The SMILES string of the molecule is C=CC(=O)NC(C)(C)c1ccc(N2C[C@H](CS(C)(=O)=O)[C@H]2C)c2cnc(Nc3ccnc(N4CCC(N5CC[C@@H]6COC[C@@H]65)CC4)n3)cc12. The summed E-state index contributed by atoms with van der Waals surface area (Å²) in [7, 11) is -3.08. The zero-order valence-electron chi connectivity index (χ0n) is 28.9. The lowest BCUT2D eigenvalue weighted by molar-refractivity contribution is -0.118. The molecule has 3 aromatic rings. The Hall–Kier alpha value is -3.81. The molecule has 2 aromatic heterocycles. The molecule has 0 radical (unpaired) electrons. The van der Waals surface area contributed by atoms with E-state index in [1.807, 2.05) is 44.3 Å². The molecular formula is C36H48N8O4S. The number of hydrogen-bond donors (Lipinski definition) is 2. The number of nitrogens with zero attached hydrogens (tertiary/aromatic N) is 6. The highest BCUT2D eigenvalue weighted by atomic mass is 32.2. The molecular weight excluding hydrogens is 641 g/mol. The Kier molecular flexibility index (Phi) is 9.03. The highest BCUT2D eigenvalue weighted by Gasteiger charge is 2.42. The van der Waals surface area contributed by atoms with Crippen molar-refractivity contribution in [3.8, 4) is 0 Å². The average Bonchev–Trinajstić information content (AvgIpc) is 3.70. The molecule has 1 aromatic carbocycles. The normalized spacial score (nSPS) is 24.9. The second-order valence-electron chi connectivity index (χ2n) is 14.8. The summed E-state index contributed by atoms with van der Waals surface area (Å²) in [5.41, 5.74) is 1.20. The second-order valence-corrected chi connectivity index (χ2v) is 17.0. The molecule has 0 saturated carbocycles. The third-order valence-corrected chi connectivity index (χ3v) is 12.1. The summed E-state index contributed by atoms with van der Waals surface area (Å²) in [5, 5.41) is 8.32. The van der Waals surface area contributed by atoms with Crippen LogP contribution in [-0.4, -0.2) is 104 Å². The summed E-state index contributed by atoms with van der Waals surface area (Å²) in [6.07, 6.45) is 9.63. The van der Waals surface area contributed by atoms with Gasteiger partial charge in [-0.1, -0.05) is 12.6 Å². The van der Waals surface area contributed by atoms with Crippen molar-refractivity contribution < 1.29 is 17.9 Å². The molecule has 1 amide bonds. The Morgan fingerprint density at radius 3 is 2.61 bits per heavy atom. The molecule has 49 heavy (non-hydrogen) atoms. The van der Waals surface area contributed by atoms with Crippen LogP contribution in [0.5, 0.6) is 0 Å². The topological polar surface area (TPSA) is 133 Å². The third-order valence-electron chi connectivity index (χ3n) is 11.1. The van der Waals surface area contributed by atoms with Gasteiger partial charge in [-0.2, -0.15) is 4.98 Å². The van der Waals surface area contributed by atoms with Gasteiger partial charge in [0.05, 0.1) is 24.5 Å². The number of ether oxygens (including phenoxy) is 1. The monoisotopic (exact) mass is 688 g/mol. The molecule has 4 aliphatic rings. The zero-order chi connectivity index (χ0) is 34.5. The number of nitrogens with one attached hydrogen (secondary N) is 2. The molecule has 0 bridgehead atoms. The van der Waals surface area contributed by atoms with Crippen molar-refractivity contribution in [3.63, 3.8) is 0 Å². The van der Waals surface area contributed by atoms with Crippen LogP contribution in [0.25, 0.3) is 10.8 Å². The van der Waals surface area contributed by atoms with Gasteiger partial charge in [0, 0.05) is 79.3 Å². The van der Waals surface area contributed by atoms with E-state index in [0.29, 0.717) is 42.1 Å². The van der Waals surface area contributed by atoms with Crippen LogP contribution in [0.2, 0.25) is 0 Å². The minimum atomic E-state index is -3.08. The van der Waals surface area contributed by atoms with Crippen LogP contribution < -0.4 is 20.4 Å². The van der Waals surface area contributed by atoms with Crippen LogP contribution in [0.4, 0.5) is 23.3 Å². The van der Waals surface area contributed by atoms with E-state index >= 15 is 0 Å². The number of amides is 1. The number of sulfone groups is 1. The maximum Gasteiger partial charge on any atom is 0.244 e. The molecule has 4 aliphatic heterocycles. The number of fused-ring (bicyclic) bond motifs is 2. The molecule has 4 fully saturated rings. The summed E-state index contributed by atoms with van der Waals surface area (Å²) in [6.45, 7) is 15.1. The fourth-order valence-corrected chi connectivity index (χ4v) is 9.53. The maximum absolute atomic E-state index is 12.4. The fourth-order valence-electron chi connectivity index (χ4n) is 8.36. The van der Waals surface area contributed by atoms with Gasteiger partial charge < -0.3 is 25.2 Å². The first-order valence-corrected chi connectivity index (χ1v) is 19.5. The molecule has 4 saturated heterocycles. The average molecular weight is 689 g/mol. The van der Waals surface area contributed by atoms with E-state index in [9.17, 15) is 13.2 Å². The number of rotatable bonds is 10. The van der Waals surface area contributed by atoms with Gasteiger partial charge in [0.15, 0.2) is 0 Å². The van der Waals surface area contributed by atoms with Gasteiger partial charge in [-0.05, 0) is 81.8 Å². The Morgan fingerprint density at radius 1 is 1.08 bits per heavy atom. The van der Waals surface area contributed by atoms with Crippen LogP contribution in [0.15, 0.2) is 49.3 Å². The van der Waals surface area contributed by atoms with Gasteiger partial charge in [-0.25, -0.2) is 18.4 Å². The Morgan fingerprint density at radius 2 is 1.88 bits per heavy atom. The second kappa shape index (κ2) is 13.1. The minimum Gasteiger partial charge on any atom is -0.379 e. The molecule has 7 rings (SSSR count). The van der Waals surface area contributed by atoms with Crippen molar-refractivity contribution in [2.45, 2.75) is 63.7 Å². The van der Waals surface area contributed by atoms with Crippen molar-refractivity contribution in [3.05, 3.63) is 54.9 Å². The smallest absolute Gasteiger partial charge is 0.244 e. The number of aromatic nitrogens is 3. The standard InChI is InChI=1S/C36H48N8O4S/c1-6-34(45)41-36(3,4)29-7-8-30(44-19-25(23(44)2)22-49(5,46)47)28-18-38-33(17-27(28)29)39-32-9-13-37-35(40-32)42-14-11-26(12-15-42)43-16-10-24-20-48-21-31(24)43/h6-9,13,17-18,23-26,31H,1,10-12,14-16,19-22H2,2-5H3,(H,41,45)(H,37,38,39,40)/t23-,24-,25-,31+/m1/s1. The summed E-state index contributed by atoms with van der Waals surface area (Å²) in [5.74, 6) is 2.65. The molecule has 12 nitrogen and oxygen atoms in total. The fraction of sp³-hybridized carbons (Fsp3) is 0.556. The van der Waals surface area contributed by atoms with Crippen LogP contribution in [0, 0.1) is 11.8 Å². The molecule has 0 aliphatic carbocycles. The summed E-state index contributed by atoms with van der Waals surface area (Å²) in [4.78, 5) is 33.9. The number of carbonyl (C=O) groups excluding carboxylic acids is 1. The first kappa shape index (κ1) is 33.7. The van der Waals surface area contributed by atoms with E-state index in [1.165, 1.54) is 25.3 Å². The number of carbonyl (C=O) groups is 1. The number of benzene rings is 1. The van der Waals surface area contributed by atoms with Crippen molar-refractivity contribution in [2.24, 2.45) is 11.8 Å². The van der Waals surface area contributed by atoms with Gasteiger partial charge in [0.25, 0.3) is 0 Å². The predicted molar refractivity (Wildman–Crippen MR) is 193 cm³/mol. The highest BCUT2D eigenvalue weighted by molar-refractivity contribution is 7.90. The van der Waals surface area contributed by atoms with E-state index in [4.69, 9.17) is 14.7 Å². The van der Waals surface area contributed by atoms with E-state index in [1.54, 1.807) is 6.20 Å². The Labute approximate surface area is 289 Å². The molecule has 0 spiro atoms. The lowest BCUT2D eigenvalue weighted by Crippen LogP contribution is -2.57. The molecule has 2 N–H and O–H groups in total. The third kappa shape index (κ3) is 6.85. The lowest BCUT2D eigenvalue weighted by atomic mass is 9.86. The highest BCUT2D eigenvalue weighted by Crippen LogP contribution is 2.41. The van der Waals surface area contributed by atoms with Gasteiger partial charge in [0.2, 0.25) is 11.9 Å². The molecule has 13 heteroatoms. The predicted octanol–water partition coefficient (Wildman–Crippen LogP) is 3.86. The molecule has 6 heterocycles. The number of hydrogen-bond acceptors (Lipinski definition) is 11. The van der Waals surface area contributed by atoms with Gasteiger partial charge in [-0.15, -0.1) is 0 Å². The van der Waals surface area contributed by atoms with Gasteiger partial charge >= 0.3 is 0 Å². The molecule has 4 atom stereocenters. The number of pyridine rings is 1. The Balaban J connectivity index is 1.12. The largest absolute Gasteiger partial charge is 0.379 e. The summed E-state index contributed by atoms with van der Waals surface area (Å²) in [6, 6.07) is 9.16.